The Morgan fingerprint density at radius 2 is 1.91 bits per heavy atom. The van der Waals surface area contributed by atoms with Crippen LogP contribution in [0.25, 0.3) is 0 Å². The Morgan fingerprint density at radius 3 is 2.61 bits per heavy atom. The van der Waals surface area contributed by atoms with Gasteiger partial charge in [-0.25, -0.2) is 9.18 Å². The fourth-order valence-electron chi connectivity index (χ4n) is 2.56. The highest BCUT2D eigenvalue weighted by molar-refractivity contribution is 5.94. The van der Waals surface area contributed by atoms with Gasteiger partial charge in [-0.1, -0.05) is 0 Å². The quantitative estimate of drug-likeness (QED) is 0.706. The maximum atomic E-state index is 12.8. The van der Waals surface area contributed by atoms with Gasteiger partial charge in [0.1, 0.15) is 5.82 Å². The number of piperidine rings is 1. The minimum Gasteiger partial charge on any atom is -0.396 e. The number of urea groups is 1. The number of carbonyl (C=O) groups is 2. The fraction of sp³-hybridized carbons (Fsp3) is 0.500. The van der Waals surface area contributed by atoms with Gasteiger partial charge in [-0.3, -0.25) is 4.79 Å². The lowest BCUT2D eigenvalue weighted by molar-refractivity contribution is 0.0952. The topological polar surface area (TPSA) is 81.7 Å². The smallest absolute Gasteiger partial charge is 0.317 e. The second-order valence-corrected chi connectivity index (χ2v) is 5.63. The van der Waals surface area contributed by atoms with Gasteiger partial charge in [-0.2, -0.15) is 0 Å². The van der Waals surface area contributed by atoms with Crippen molar-refractivity contribution in [2.45, 2.75) is 12.8 Å². The molecule has 0 aliphatic carbocycles. The number of carbonyl (C=O) groups excluding carboxylic acids is 2. The van der Waals surface area contributed by atoms with Crippen LogP contribution in [0.5, 0.6) is 0 Å². The van der Waals surface area contributed by atoms with Crippen molar-refractivity contribution in [2.24, 2.45) is 5.92 Å². The fourth-order valence-corrected chi connectivity index (χ4v) is 2.56. The van der Waals surface area contributed by atoms with E-state index in [-0.39, 0.29) is 24.5 Å². The molecule has 7 heteroatoms. The van der Waals surface area contributed by atoms with Crippen molar-refractivity contribution in [1.29, 1.82) is 0 Å². The molecule has 0 saturated carbocycles. The second-order valence-electron chi connectivity index (χ2n) is 5.63. The highest BCUT2D eigenvalue weighted by Crippen LogP contribution is 2.15. The lowest BCUT2D eigenvalue weighted by atomic mass is 9.99. The molecule has 3 amide bonds. The molecule has 0 aromatic heterocycles. The minimum atomic E-state index is -0.392. The molecule has 23 heavy (non-hydrogen) atoms. The average Bonchev–Trinajstić information content (AvgIpc) is 2.59. The van der Waals surface area contributed by atoms with Gasteiger partial charge >= 0.3 is 6.03 Å². The normalized spacial score (nSPS) is 17.7. The Bertz CT molecular complexity index is 536. The standard InChI is InChI=1S/C16H22FN3O3/c17-14-5-3-13(4-6-14)15(22)18-7-8-19-16(23)20-9-1-2-12(10-20)11-21/h3-6,12,21H,1-2,7-11H2,(H,18,22)(H,19,23)/t12-/m0/s1. The number of aliphatic hydroxyl groups excluding tert-OH is 1. The number of hydrogen-bond donors (Lipinski definition) is 3. The number of rotatable bonds is 5. The second kappa shape index (κ2) is 8.47. The van der Waals surface area contributed by atoms with Crippen molar-refractivity contribution < 1.29 is 19.1 Å². The molecule has 1 aliphatic heterocycles. The summed E-state index contributed by atoms with van der Waals surface area (Å²) < 4.78 is 12.8. The first-order valence-electron chi connectivity index (χ1n) is 7.77. The van der Waals surface area contributed by atoms with Crippen molar-refractivity contribution >= 4 is 11.9 Å². The molecule has 1 aliphatic rings. The number of hydrogen-bond acceptors (Lipinski definition) is 3. The summed E-state index contributed by atoms with van der Waals surface area (Å²) in [7, 11) is 0. The van der Waals surface area contributed by atoms with Gasteiger partial charge in [0.05, 0.1) is 0 Å². The number of likely N-dealkylation sites (tertiary alicyclic amines) is 1. The monoisotopic (exact) mass is 323 g/mol. The van der Waals surface area contributed by atoms with Crippen LogP contribution >= 0.6 is 0 Å². The Balaban J connectivity index is 1.67. The van der Waals surface area contributed by atoms with E-state index in [9.17, 15) is 14.0 Å². The number of benzene rings is 1. The number of aliphatic hydroxyl groups is 1. The number of halogens is 1. The number of amides is 3. The SMILES string of the molecule is O=C(NCCNC(=O)N1CCC[C@H](CO)C1)c1ccc(F)cc1. The molecule has 0 radical (unpaired) electrons. The molecular weight excluding hydrogens is 301 g/mol. The maximum Gasteiger partial charge on any atom is 0.317 e. The van der Waals surface area contributed by atoms with E-state index >= 15 is 0 Å². The van der Waals surface area contributed by atoms with E-state index in [1.54, 1.807) is 4.90 Å². The van der Waals surface area contributed by atoms with Gasteiger partial charge < -0.3 is 20.6 Å². The highest BCUT2D eigenvalue weighted by atomic mass is 19.1. The molecule has 0 unspecified atom stereocenters. The molecule has 1 aromatic rings. The molecule has 1 fully saturated rings. The van der Waals surface area contributed by atoms with Gasteiger partial charge in [0.2, 0.25) is 0 Å². The lowest BCUT2D eigenvalue weighted by Crippen LogP contribution is -2.47. The van der Waals surface area contributed by atoms with Gasteiger partial charge in [-0.05, 0) is 43.0 Å². The Labute approximate surface area is 134 Å². The van der Waals surface area contributed by atoms with Crippen molar-refractivity contribution in [3.63, 3.8) is 0 Å². The summed E-state index contributed by atoms with van der Waals surface area (Å²) in [5.74, 6) is -0.554. The van der Waals surface area contributed by atoms with Crippen LogP contribution < -0.4 is 10.6 Å². The summed E-state index contributed by atoms with van der Waals surface area (Å²) in [5, 5.41) is 14.6. The molecule has 126 valence electrons. The lowest BCUT2D eigenvalue weighted by Gasteiger charge is -2.31. The van der Waals surface area contributed by atoms with Gasteiger partial charge in [0.25, 0.3) is 5.91 Å². The predicted molar refractivity (Wildman–Crippen MR) is 83.5 cm³/mol. The third-order valence-electron chi connectivity index (χ3n) is 3.86. The van der Waals surface area contributed by atoms with Gasteiger partial charge in [-0.15, -0.1) is 0 Å². The van der Waals surface area contributed by atoms with Crippen LogP contribution in [-0.4, -0.2) is 54.7 Å². The third kappa shape index (κ3) is 5.21. The summed E-state index contributed by atoms with van der Waals surface area (Å²) >= 11 is 0. The van der Waals surface area contributed by atoms with E-state index in [0.717, 1.165) is 12.8 Å². The maximum absolute atomic E-state index is 12.8. The Morgan fingerprint density at radius 1 is 1.22 bits per heavy atom. The van der Waals surface area contributed by atoms with E-state index in [2.05, 4.69) is 10.6 Å². The first-order chi connectivity index (χ1) is 11.1. The number of nitrogens with zero attached hydrogens (tertiary/aromatic N) is 1. The minimum absolute atomic E-state index is 0.0947. The van der Waals surface area contributed by atoms with Gasteiger partial charge in [0.15, 0.2) is 0 Å². The summed E-state index contributed by atoms with van der Waals surface area (Å²) in [6, 6.07) is 5.09. The molecule has 6 nitrogen and oxygen atoms in total. The van der Waals surface area contributed by atoms with E-state index in [1.807, 2.05) is 0 Å². The van der Waals surface area contributed by atoms with E-state index in [4.69, 9.17) is 5.11 Å². The molecule has 0 spiro atoms. The Kier molecular flexibility index (Phi) is 6.34. The van der Waals surface area contributed by atoms with E-state index in [0.29, 0.717) is 31.7 Å². The van der Waals surface area contributed by atoms with Crippen LogP contribution in [0.4, 0.5) is 9.18 Å². The summed E-state index contributed by atoms with van der Waals surface area (Å²) in [6.07, 6.45) is 1.83. The molecule has 1 heterocycles. The number of nitrogens with one attached hydrogen (secondary N) is 2. The first-order valence-corrected chi connectivity index (χ1v) is 7.77. The predicted octanol–water partition coefficient (Wildman–Crippen LogP) is 0.969. The third-order valence-corrected chi connectivity index (χ3v) is 3.86. The van der Waals surface area contributed by atoms with Crippen LogP contribution in [0.2, 0.25) is 0 Å². The van der Waals surface area contributed by atoms with Crippen molar-refractivity contribution in [3.8, 4) is 0 Å². The van der Waals surface area contributed by atoms with E-state index in [1.165, 1.54) is 24.3 Å². The highest BCUT2D eigenvalue weighted by Gasteiger charge is 2.22. The van der Waals surface area contributed by atoms with Gasteiger partial charge in [0, 0.05) is 38.3 Å². The largest absolute Gasteiger partial charge is 0.396 e. The van der Waals surface area contributed by atoms with E-state index < -0.39 is 5.82 Å². The molecule has 1 aromatic carbocycles. The van der Waals surface area contributed by atoms with Crippen LogP contribution in [0, 0.1) is 11.7 Å². The van der Waals surface area contributed by atoms with Crippen molar-refractivity contribution in [2.75, 3.05) is 32.8 Å². The molecular formula is C16H22FN3O3. The summed E-state index contributed by atoms with van der Waals surface area (Å²) in [6.45, 7) is 1.94. The zero-order chi connectivity index (χ0) is 16.7. The molecule has 0 bridgehead atoms. The molecule has 3 N–H and O–H groups in total. The summed E-state index contributed by atoms with van der Waals surface area (Å²) in [5.41, 5.74) is 0.375. The Hall–Kier alpha value is -2.15. The van der Waals surface area contributed by atoms with Crippen LogP contribution in [0.15, 0.2) is 24.3 Å². The molecule has 1 saturated heterocycles. The molecule has 2 rings (SSSR count). The van der Waals surface area contributed by atoms with Crippen molar-refractivity contribution in [1.82, 2.24) is 15.5 Å². The van der Waals surface area contributed by atoms with Crippen molar-refractivity contribution in [3.05, 3.63) is 35.6 Å². The zero-order valence-corrected chi connectivity index (χ0v) is 12.9. The average molecular weight is 323 g/mol. The first kappa shape index (κ1) is 17.2. The van der Waals surface area contributed by atoms with Crippen LogP contribution in [0.3, 0.4) is 0 Å². The zero-order valence-electron chi connectivity index (χ0n) is 12.9. The molecule has 1 atom stereocenters. The van der Waals surface area contributed by atoms with Crippen LogP contribution in [-0.2, 0) is 0 Å². The van der Waals surface area contributed by atoms with Crippen LogP contribution in [0.1, 0.15) is 23.2 Å². The summed E-state index contributed by atoms with van der Waals surface area (Å²) in [4.78, 5) is 25.5.